The molecule has 2 aromatic carbocycles. The molecule has 0 aliphatic rings. The van der Waals surface area contributed by atoms with Gasteiger partial charge in [-0.1, -0.05) is 17.7 Å². The zero-order chi connectivity index (χ0) is 16.6. The maximum atomic E-state index is 13.7. The lowest BCUT2D eigenvalue weighted by Gasteiger charge is -2.08. The molecule has 0 unspecified atom stereocenters. The van der Waals surface area contributed by atoms with E-state index in [4.69, 9.17) is 16.3 Å². The monoisotopic (exact) mass is 444 g/mol. The van der Waals surface area contributed by atoms with Crippen molar-refractivity contribution in [2.24, 2.45) is 0 Å². The van der Waals surface area contributed by atoms with Gasteiger partial charge in [-0.15, -0.1) is 0 Å². The van der Waals surface area contributed by atoms with Gasteiger partial charge in [0.25, 0.3) is 0 Å². The summed E-state index contributed by atoms with van der Waals surface area (Å²) < 4.78 is 20.7. The molecule has 0 N–H and O–H groups in total. The lowest BCUT2D eigenvalue weighted by atomic mass is 10.1. The number of esters is 1. The van der Waals surface area contributed by atoms with Gasteiger partial charge in [0.1, 0.15) is 5.82 Å². The molecule has 0 amide bonds. The van der Waals surface area contributed by atoms with E-state index in [9.17, 15) is 9.18 Å². The molecular weight excluding hydrogens is 434 g/mol. The first-order valence-electron chi connectivity index (χ1n) is 6.67. The SMILES string of the molecule is COC(=O)c1ccc(Cl)c2cnn(Cc3ccc(I)c(F)c3)c12. The number of fused-ring (bicyclic) bond motifs is 1. The molecule has 0 atom stereocenters. The van der Waals surface area contributed by atoms with Crippen LogP contribution in [0.4, 0.5) is 4.39 Å². The first kappa shape index (κ1) is 16.2. The minimum absolute atomic E-state index is 0.286. The van der Waals surface area contributed by atoms with Gasteiger partial charge in [0.2, 0.25) is 0 Å². The zero-order valence-electron chi connectivity index (χ0n) is 12.0. The third-order valence-electron chi connectivity index (χ3n) is 3.47. The second-order valence-electron chi connectivity index (χ2n) is 4.90. The molecule has 1 heterocycles. The Morgan fingerprint density at radius 3 is 2.87 bits per heavy atom. The number of rotatable bonds is 3. The predicted octanol–water partition coefficient (Wildman–Crippen LogP) is 4.27. The van der Waals surface area contributed by atoms with Gasteiger partial charge in [-0.2, -0.15) is 5.10 Å². The highest BCUT2D eigenvalue weighted by molar-refractivity contribution is 14.1. The summed E-state index contributed by atoms with van der Waals surface area (Å²) in [5, 5.41) is 5.43. The van der Waals surface area contributed by atoms with Gasteiger partial charge in [0.15, 0.2) is 0 Å². The van der Waals surface area contributed by atoms with Crippen LogP contribution in [0.3, 0.4) is 0 Å². The van der Waals surface area contributed by atoms with Crippen LogP contribution in [-0.4, -0.2) is 22.9 Å². The van der Waals surface area contributed by atoms with E-state index >= 15 is 0 Å². The van der Waals surface area contributed by atoms with Crippen molar-refractivity contribution in [3.05, 3.63) is 62.1 Å². The Hall–Kier alpha value is -1.67. The third kappa shape index (κ3) is 3.05. The molecule has 0 saturated heterocycles. The van der Waals surface area contributed by atoms with E-state index in [0.717, 1.165) is 5.56 Å². The Labute approximate surface area is 150 Å². The van der Waals surface area contributed by atoms with Crippen molar-refractivity contribution in [1.29, 1.82) is 0 Å². The molecule has 3 aromatic rings. The summed E-state index contributed by atoms with van der Waals surface area (Å²) in [6, 6.07) is 8.21. The summed E-state index contributed by atoms with van der Waals surface area (Å²) in [5.41, 5.74) is 1.68. The van der Waals surface area contributed by atoms with Crippen molar-refractivity contribution < 1.29 is 13.9 Å². The Kier molecular flexibility index (Phi) is 4.54. The Morgan fingerprint density at radius 1 is 1.39 bits per heavy atom. The highest BCUT2D eigenvalue weighted by atomic mass is 127. The maximum Gasteiger partial charge on any atom is 0.340 e. The summed E-state index contributed by atoms with van der Waals surface area (Å²) in [5.74, 6) is -0.756. The van der Waals surface area contributed by atoms with Crippen LogP contribution in [-0.2, 0) is 11.3 Å². The molecule has 0 saturated carbocycles. The number of hydrogen-bond donors (Lipinski definition) is 0. The number of carbonyl (C=O) groups excluding carboxylic acids is 1. The van der Waals surface area contributed by atoms with Crippen molar-refractivity contribution >= 4 is 51.1 Å². The smallest absolute Gasteiger partial charge is 0.340 e. The molecule has 0 spiro atoms. The first-order valence-corrected chi connectivity index (χ1v) is 8.13. The normalized spacial score (nSPS) is 11.0. The van der Waals surface area contributed by atoms with E-state index in [0.29, 0.717) is 31.6 Å². The average Bonchev–Trinajstić information content (AvgIpc) is 2.95. The second-order valence-corrected chi connectivity index (χ2v) is 6.47. The quantitative estimate of drug-likeness (QED) is 0.448. The Morgan fingerprint density at radius 2 is 2.17 bits per heavy atom. The highest BCUT2D eigenvalue weighted by Gasteiger charge is 2.17. The topological polar surface area (TPSA) is 44.1 Å². The molecule has 0 aliphatic carbocycles. The lowest BCUT2D eigenvalue weighted by Crippen LogP contribution is -2.08. The van der Waals surface area contributed by atoms with Gasteiger partial charge in [-0.05, 0) is 52.4 Å². The van der Waals surface area contributed by atoms with Crippen molar-refractivity contribution in [1.82, 2.24) is 9.78 Å². The average molecular weight is 445 g/mol. The lowest BCUT2D eigenvalue weighted by molar-refractivity contribution is 0.0602. The van der Waals surface area contributed by atoms with Gasteiger partial charge in [0.05, 0.1) is 36.0 Å². The molecule has 0 bridgehead atoms. The number of carbonyl (C=O) groups is 1. The van der Waals surface area contributed by atoms with Crippen LogP contribution in [0.25, 0.3) is 10.9 Å². The van der Waals surface area contributed by atoms with Crippen LogP contribution in [0, 0.1) is 9.39 Å². The summed E-state index contributed by atoms with van der Waals surface area (Å²) in [6.45, 7) is 0.321. The minimum atomic E-state index is -0.470. The van der Waals surface area contributed by atoms with Crippen molar-refractivity contribution in [2.45, 2.75) is 6.54 Å². The number of ether oxygens (including phenoxy) is 1. The summed E-state index contributed by atoms with van der Waals surface area (Å²) >= 11 is 8.11. The van der Waals surface area contributed by atoms with Crippen LogP contribution in [0.2, 0.25) is 5.02 Å². The van der Waals surface area contributed by atoms with Crippen molar-refractivity contribution in [3.8, 4) is 0 Å². The number of halogens is 3. The van der Waals surface area contributed by atoms with Crippen molar-refractivity contribution in [3.63, 3.8) is 0 Å². The van der Waals surface area contributed by atoms with Crippen LogP contribution in [0.5, 0.6) is 0 Å². The van der Waals surface area contributed by atoms with E-state index in [1.807, 2.05) is 28.7 Å². The van der Waals surface area contributed by atoms with Crippen molar-refractivity contribution in [2.75, 3.05) is 7.11 Å². The van der Waals surface area contributed by atoms with E-state index in [-0.39, 0.29) is 5.82 Å². The number of nitrogens with zero attached hydrogens (tertiary/aromatic N) is 2. The van der Waals surface area contributed by atoms with Gasteiger partial charge in [0, 0.05) is 8.96 Å². The molecule has 4 nitrogen and oxygen atoms in total. The van der Waals surface area contributed by atoms with E-state index in [1.54, 1.807) is 29.1 Å². The molecule has 0 aliphatic heterocycles. The largest absolute Gasteiger partial charge is 0.465 e. The molecular formula is C16H11ClFIN2O2. The molecule has 1 aromatic heterocycles. The fraction of sp³-hybridized carbons (Fsp3) is 0.125. The van der Waals surface area contributed by atoms with Crippen LogP contribution in [0.1, 0.15) is 15.9 Å². The fourth-order valence-corrected chi connectivity index (χ4v) is 2.91. The van der Waals surface area contributed by atoms with Gasteiger partial charge >= 0.3 is 5.97 Å². The molecule has 3 rings (SSSR count). The van der Waals surface area contributed by atoms with Crippen LogP contribution >= 0.6 is 34.2 Å². The Bertz CT molecular complexity index is 910. The number of methoxy groups -OCH3 is 1. The molecule has 118 valence electrons. The molecule has 7 heteroatoms. The number of aromatic nitrogens is 2. The first-order chi connectivity index (χ1) is 11.0. The number of benzene rings is 2. The summed E-state index contributed by atoms with van der Waals surface area (Å²) in [7, 11) is 1.32. The van der Waals surface area contributed by atoms with E-state index < -0.39 is 5.97 Å². The predicted molar refractivity (Wildman–Crippen MR) is 94.3 cm³/mol. The Balaban J connectivity index is 2.12. The third-order valence-corrected chi connectivity index (χ3v) is 4.67. The minimum Gasteiger partial charge on any atom is -0.465 e. The maximum absolute atomic E-state index is 13.7. The molecule has 0 radical (unpaired) electrons. The fourth-order valence-electron chi connectivity index (χ4n) is 2.37. The highest BCUT2D eigenvalue weighted by Crippen LogP contribution is 2.27. The van der Waals surface area contributed by atoms with Gasteiger partial charge in [-0.25, -0.2) is 9.18 Å². The van der Waals surface area contributed by atoms with E-state index in [1.165, 1.54) is 13.2 Å². The summed E-state index contributed by atoms with van der Waals surface area (Å²) in [6.07, 6.45) is 1.59. The molecule has 0 fully saturated rings. The van der Waals surface area contributed by atoms with Gasteiger partial charge in [-0.3, -0.25) is 4.68 Å². The van der Waals surface area contributed by atoms with Gasteiger partial charge < -0.3 is 4.74 Å². The summed E-state index contributed by atoms with van der Waals surface area (Å²) in [4.78, 5) is 12.0. The zero-order valence-corrected chi connectivity index (χ0v) is 14.9. The standard InChI is InChI=1S/C16H11ClFIN2O2/c1-23-16(22)10-3-4-12(17)11-7-20-21(15(10)11)8-9-2-5-14(19)13(18)6-9/h2-7H,8H2,1H3. The van der Waals surface area contributed by atoms with Crippen LogP contribution < -0.4 is 0 Å². The van der Waals surface area contributed by atoms with Crippen LogP contribution in [0.15, 0.2) is 36.5 Å². The number of hydrogen-bond acceptors (Lipinski definition) is 3. The van der Waals surface area contributed by atoms with E-state index in [2.05, 4.69) is 5.10 Å². The molecule has 23 heavy (non-hydrogen) atoms. The second kappa shape index (κ2) is 6.45.